The van der Waals surface area contributed by atoms with Crippen LogP contribution in [-0.2, 0) is 25.7 Å². The van der Waals surface area contributed by atoms with Gasteiger partial charge in [-0.05, 0) is 24.1 Å². The van der Waals surface area contributed by atoms with Crippen LogP contribution in [0.25, 0.3) is 0 Å². The van der Waals surface area contributed by atoms with E-state index < -0.39 is 30.9 Å². The highest BCUT2D eigenvalue weighted by molar-refractivity contribution is 5.98. The van der Waals surface area contributed by atoms with E-state index in [0.29, 0.717) is 24.7 Å². The molecule has 8 heteroatoms. The quantitative estimate of drug-likeness (QED) is 0.0751. The molecule has 0 aliphatic heterocycles. The number of methoxy groups -OCH3 is 2. The second-order valence-electron chi connectivity index (χ2n) is 11.9. The van der Waals surface area contributed by atoms with E-state index in [1.807, 2.05) is 30.3 Å². The fourth-order valence-corrected chi connectivity index (χ4v) is 5.27. The Bertz CT molecular complexity index is 1100. The van der Waals surface area contributed by atoms with E-state index in [-0.39, 0.29) is 5.56 Å². The second-order valence-corrected chi connectivity index (χ2v) is 11.9. The first-order valence-corrected chi connectivity index (χ1v) is 17.3. The first-order valence-electron chi connectivity index (χ1n) is 17.3. The van der Waals surface area contributed by atoms with Gasteiger partial charge in [0.15, 0.2) is 0 Å². The average Bonchev–Trinajstić information content (AvgIpc) is 3.08. The molecule has 1 amide bonds. The van der Waals surface area contributed by atoms with E-state index in [0.717, 1.165) is 23.3 Å². The number of carbonyl (C=O) groups excluding carboxylic acids is 3. The smallest absolute Gasteiger partial charge is 0.325 e. The van der Waals surface area contributed by atoms with Gasteiger partial charge in [0, 0.05) is 11.6 Å². The van der Waals surface area contributed by atoms with Crippen molar-refractivity contribution in [3.8, 4) is 11.5 Å². The highest BCUT2D eigenvalue weighted by Crippen LogP contribution is 2.26. The van der Waals surface area contributed by atoms with Gasteiger partial charge in [-0.2, -0.15) is 0 Å². The predicted molar refractivity (Wildman–Crippen MR) is 182 cm³/mol. The molecule has 8 nitrogen and oxygen atoms in total. The molecule has 0 N–H and O–H groups in total. The molecule has 0 heterocycles. The van der Waals surface area contributed by atoms with E-state index >= 15 is 0 Å². The van der Waals surface area contributed by atoms with Crippen LogP contribution in [0.15, 0.2) is 48.5 Å². The number of benzene rings is 2. The molecule has 0 aliphatic rings. The molecule has 0 unspecified atom stereocenters. The van der Waals surface area contributed by atoms with Crippen molar-refractivity contribution in [3.05, 3.63) is 59.7 Å². The lowest BCUT2D eigenvalue weighted by Gasteiger charge is -2.21. The molecule has 0 bridgehead atoms. The minimum atomic E-state index is -0.645. The number of ether oxygens (including phenoxy) is 4. The summed E-state index contributed by atoms with van der Waals surface area (Å²) in [6.45, 7) is 2.31. The third-order valence-corrected chi connectivity index (χ3v) is 8.02. The van der Waals surface area contributed by atoms with Gasteiger partial charge in [0.25, 0.3) is 5.91 Å². The van der Waals surface area contributed by atoms with E-state index in [4.69, 9.17) is 18.9 Å². The third kappa shape index (κ3) is 17.2. The van der Waals surface area contributed by atoms with Crippen LogP contribution in [0.3, 0.4) is 0 Å². The van der Waals surface area contributed by atoms with Gasteiger partial charge in [-0.1, -0.05) is 134 Å². The first kappa shape index (κ1) is 38.6. The number of unbranched alkanes of at least 4 members (excludes halogenated alkanes) is 15. The zero-order valence-electron chi connectivity index (χ0n) is 28.6. The zero-order valence-corrected chi connectivity index (χ0v) is 28.6. The summed E-state index contributed by atoms with van der Waals surface area (Å²) in [6.07, 6.45) is 20.8. The SMILES string of the molecule is CCCCCCCCCCCCCCCCCCOc1cc(OCc2ccccc2)cc(C(=O)N(CC(=O)OC)CC(=O)OC)c1. The van der Waals surface area contributed by atoms with Gasteiger partial charge < -0.3 is 23.8 Å². The minimum absolute atomic E-state index is 0.236. The zero-order chi connectivity index (χ0) is 33.2. The van der Waals surface area contributed by atoms with Gasteiger partial charge >= 0.3 is 11.9 Å². The normalized spacial score (nSPS) is 10.8. The monoisotopic (exact) mass is 639 g/mol. The molecule has 256 valence electrons. The number of carbonyl (C=O) groups is 3. The van der Waals surface area contributed by atoms with Gasteiger partial charge in [-0.25, -0.2) is 0 Å². The van der Waals surface area contributed by atoms with Crippen LogP contribution in [0.1, 0.15) is 126 Å². The highest BCUT2D eigenvalue weighted by atomic mass is 16.5. The van der Waals surface area contributed by atoms with Crippen LogP contribution >= 0.6 is 0 Å². The molecule has 0 saturated heterocycles. The summed E-state index contributed by atoms with van der Waals surface area (Å²) >= 11 is 0. The van der Waals surface area contributed by atoms with Crippen LogP contribution in [0, 0.1) is 0 Å². The van der Waals surface area contributed by atoms with Crippen LogP contribution in [0.5, 0.6) is 11.5 Å². The van der Waals surface area contributed by atoms with Crippen molar-refractivity contribution in [1.29, 1.82) is 0 Å². The largest absolute Gasteiger partial charge is 0.493 e. The van der Waals surface area contributed by atoms with Gasteiger partial charge in [-0.3, -0.25) is 14.4 Å². The maximum atomic E-state index is 13.5. The Kier molecular flexibility index (Phi) is 20.7. The summed E-state index contributed by atoms with van der Waals surface area (Å²) in [5.41, 5.74) is 1.22. The molecule has 0 atom stereocenters. The maximum Gasteiger partial charge on any atom is 0.325 e. The fraction of sp³-hybridized carbons (Fsp3) is 0.605. The molecule has 0 aliphatic carbocycles. The van der Waals surface area contributed by atoms with Crippen molar-refractivity contribution < 1.29 is 33.3 Å². The Morgan fingerprint density at radius 2 is 1.04 bits per heavy atom. The summed E-state index contributed by atoms with van der Waals surface area (Å²) in [4.78, 5) is 38.5. The first-order chi connectivity index (χ1) is 22.5. The van der Waals surface area contributed by atoms with Crippen LogP contribution in [0.2, 0.25) is 0 Å². The molecule has 0 radical (unpaired) electrons. The lowest BCUT2D eigenvalue weighted by Crippen LogP contribution is -2.40. The number of rotatable bonds is 26. The second kappa shape index (κ2) is 24.7. The van der Waals surface area contributed by atoms with Gasteiger partial charge in [0.1, 0.15) is 31.2 Å². The Morgan fingerprint density at radius 1 is 0.587 bits per heavy atom. The van der Waals surface area contributed by atoms with Gasteiger partial charge in [0.2, 0.25) is 0 Å². The van der Waals surface area contributed by atoms with E-state index in [2.05, 4.69) is 6.92 Å². The fourth-order valence-electron chi connectivity index (χ4n) is 5.27. The summed E-state index contributed by atoms with van der Waals surface area (Å²) < 4.78 is 21.5. The summed E-state index contributed by atoms with van der Waals surface area (Å²) in [7, 11) is 2.46. The maximum absolute atomic E-state index is 13.5. The molecule has 0 spiro atoms. The van der Waals surface area contributed by atoms with Crippen molar-refractivity contribution in [2.75, 3.05) is 33.9 Å². The number of nitrogens with zero attached hydrogens (tertiary/aromatic N) is 1. The Labute approximate surface area is 277 Å². The average molecular weight is 640 g/mol. The van der Waals surface area contributed by atoms with Crippen molar-refractivity contribution in [2.45, 2.75) is 116 Å². The van der Waals surface area contributed by atoms with Crippen LogP contribution in [-0.4, -0.2) is 56.7 Å². The number of amides is 1. The van der Waals surface area contributed by atoms with Crippen molar-refractivity contribution in [3.63, 3.8) is 0 Å². The van der Waals surface area contributed by atoms with Crippen LogP contribution in [0.4, 0.5) is 0 Å². The topological polar surface area (TPSA) is 91.4 Å². The molecule has 0 fully saturated rings. The van der Waals surface area contributed by atoms with Crippen LogP contribution < -0.4 is 9.47 Å². The van der Waals surface area contributed by atoms with E-state index in [1.165, 1.54) is 104 Å². The lowest BCUT2D eigenvalue weighted by molar-refractivity contribution is -0.144. The van der Waals surface area contributed by atoms with Crippen molar-refractivity contribution in [2.24, 2.45) is 0 Å². The molecule has 46 heavy (non-hydrogen) atoms. The highest BCUT2D eigenvalue weighted by Gasteiger charge is 2.23. The van der Waals surface area contributed by atoms with Gasteiger partial charge in [0.05, 0.1) is 20.8 Å². The van der Waals surface area contributed by atoms with Crippen molar-refractivity contribution >= 4 is 17.8 Å². The minimum Gasteiger partial charge on any atom is -0.493 e. The summed E-state index contributed by atoms with van der Waals surface area (Å²) in [6, 6.07) is 14.7. The van der Waals surface area contributed by atoms with E-state index in [9.17, 15) is 14.4 Å². The van der Waals surface area contributed by atoms with Gasteiger partial charge in [-0.15, -0.1) is 0 Å². The summed E-state index contributed by atoms with van der Waals surface area (Å²) in [5.74, 6) is -0.880. The standard InChI is InChI=1S/C38H57NO7/c1-4-5-6-7-8-9-10-11-12-13-14-15-16-17-18-22-25-45-34-26-33(27-35(28-34)46-31-32-23-20-19-21-24-32)38(42)39(29-36(40)43-2)30-37(41)44-3/h19-21,23-24,26-28H,4-18,22,25,29-31H2,1-3H3. The molecule has 2 aromatic rings. The molecule has 0 aromatic heterocycles. The Balaban J connectivity index is 1.81. The summed E-state index contributed by atoms with van der Waals surface area (Å²) in [5, 5.41) is 0. The Hall–Kier alpha value is -3.55. The number of hydrogen-bond acceptors (Lipinski definition) is 7. The molecule has 0 saturated carbocycles. The lowest BCUT2D eigenvalue weighted by atomic mass is 10.0. The van der Waals surface area contributed by atoms with Crippen molar-refractivity contribution in [1.82, 2.24) is 4.90 Å². The van der Waals surface area contributed by atoms with E-state index in [1.54, 1.807) is 18.2 Å². The number of hydrogen-bond donors (Lipinski definition) is 0. The Morgan fingerprint density at radius 3 is 1.52 bits per heavy atom. The number of esters is 2. The predicted octanol–water partition coefficient (Wildman–Crippen LogP) is 8.69. The molecular weight excluding hydrogens is 582 g/mol. The third-order valence-electron chi connectivity index (χ3n) is 8.02. The molecular formula is C38H57NO7. The molecule has 2 rings (SSSR count). The molecule has 2 aromatic carbocycles.